The number of aromatic nitrogens is 1. The minimum Gasteiger partial charge on any atom is -0.444 e. The van der Waals surface area contributed by atoms with Crippen molar-refractivity contribution in [1.82, 2.24) is 10.3 Å². The van der Waals surface area contributed by atoms with Gasteiger partial charge in [0.15, 0.2) is 5.78 Å². The lowest BCUT2D eigenvalue weighted by Crippen LogP contribution is -2.33. The zero-order valence-corrected chi connectivity index (χ0v) is 12.3. The van der Waals surface area contributed by atoms with Crippen LogP contribution in [0.1, 0.15) is 50.4 Å². The van der Waals surface area contributed by atoms with Gasteiger partial charge in [-0.1, -0.05) is 0 Å². The summed E-state index contributed by atoms with van der Waals surface area (Å²) in [6.07, 6.45) is 4.75. The van der Waals surface area contributed by atoms with E-state index in [2.05, 4.69) is 10.3 Å². The molecule has 1 N–H and O–H groups in total. The summed E-state index contributed by atoms with van der Waals surface area (Å²) in [6, 6.07) is 3.42. The van der Waals surface area contributed by atoms with Crippen molar-refractivity contribution < 1.29 is 14.3 Å². The fourth-order valence-electron chi connectivity index (χ4n) is 1.60. The Labute approximate surface area is 119 Å². The number of hydrogen-bond acceptors (Lipinski definition) is 4. The number of ether oxygens (including phenoxy) is 1. The topological polar surface area (TPSA) is 68.3 Å². The van der Waals surface area contributed by atoms with Crippen LogP contribution in [-0.2, 0) is 4.74 Å². The number of alkyl carbamates (subject to hydrolysis) is 1. The molecular weight excluding hydrogens is 256 g/mol. The standard InChI is InChI=1S/C15H22N2O3/c1-15(2,3)20-14(19)17-9-5-4-6-13(18)12-7-10-16-11-8-12/h7-8,10-11H,4-6,9H2,1-3H3,(H,17,19). The highest BCUT2D eigenvalue weighted by Gasteiger charge is 2.15. The lowest BCUT2D eigenvalue weighted by Gasteiger charge is -2.19. The van der Waals surface area contributed by atoms with Gasteiger partial charge in [0.1, 0.15) is 5.60 Å². The van der Waals surface area contributed by atoms with Crippen molar-refractivity contribution in [3.63, 3.8) is 0 Å². The second-order valence-electron chi connectivity index (χ2n) is 5.54. The summed E-state index contributed by atoms with van der Waals surface area (Å²) < 4.78 is 5.11. The van der Waals surface area contributed by atoms with Crippen LogP contribution in [0.5, 0.6) is 0 Å². The molecule has 0 saturated carbocycles. The number of carbonyl (C=O) groups is 2. The molecule has 0 aliphatic rings. The van der Waals surface area contributed by atoms with E-state index in [1.54, 1.807) is 24.5 Å². The number of carbonyl (C=O) groups excluding carboxylic acids is 2. The van der Waals surface area contributed by atoms with Gasteiger partial charge < -0.3 is 10.1 Å². The molecular formula is C15H22N2O3. The normalized spacial score (nSPS) is 10.9. The number of nitrogens with zero attached hydrogens (tertiary/aromatic N) is 1. The van der Waals surface area contributed by atoms with Crippen LogP contribution in [0.2, 0.25) is 0 Å². The molecule has 1 aromatic rings. The second kappa shape index (κ2) is 7.62. The zero-order valence-electron chi connectivity index (χ0n) is 12.3. The third-order valence-electron chi connectivity index (χ3n) is 2.50. The van der Waals surface area contributed by atoms with E-state index >= 15 is 0 Å². The number of Topliss-reactive ketones (excluding diaryl/α,β-unsaturated/α-hetero) is 1. The van der Waals surface area contributed by atoms with E-state index in [9.17, 15) is 9.59 Å². The average molecular weight is 278 g/mol. The molecule has 0 bridgehead atoms. The molecule has 0 fully saturated rings. The Bertz CT molecular complexity index is 438. The van der Waals surface area contributed by atoms with Crippen LogP contribution < -0.4 is 5.32 Å². The summed E-state index contributed by atoms with van der Waals surface area (Å²) in [5.41, 5.74) is 0.196. The molecule has 1 aromatic heterocycles. The first-order valence-electron chi connectivity index (χ1n) is 6.78. The van der Waals surface area contributed by atoms with Crippen LogP contribution >= 0.6 is 0 Å². The predicted molar refractivity (Wildman–Crippen MR) is 76.7 cm³/mol. The lowest BCUT2D eigenvalue weighted by molar-refractivity contribution is 0.0527. The van der Waals surface area contributed by atoms with Crippen molar-refractivity contribution in [2.75, 3.05) is 6.54 Å². The second-order valence-corrected chi connectivity index (χ2v) is 5.54. The molecule has 20 heavy (non-hydrogen) atoms. The Morgan fingerprint density at radius 2 is 1.85 bits per heavy atom. The van der Waals surface area contributed by atoms with Crippen molar-refractivity contribution in [1.29, 1.82) is 0 Å². The van der Waals surface area contributed by atoms with Crippen LogP contribution in [0.25, 0.3) is 0 Å². The first-order valence-corrected chi connectivity index (χ1v) is 6.78. The summed E-state index contributed by atoms with van der Waals surface area (Å²) in [4.78, 5) is 27.0. The van der Waals surface area contributed by atoms with Gasteiger partial charge >= 0.3 is 6.09 Å². The van der Waals surface area contributed by atoms with Gasteiger partial charge in [0, 0.05) is 30.9 Å². The van der Waals surface area contributed by atoms with E-state index in [0.29, 0.717) is 18.5 Å². The van der Waals surface area contributed by atoms with Gasteiger partial charge in [-0.3, -0.25) is 9.78 Å². The molecule has 1 heterocycles. The van der Waals surface area contributed by atoms with Crippen molar-refractivity contribution >= 4 is 11.9 Å². The van der Waals surface area contributed by atoms with Gasteiger partial charge in [-0.15, -0.1) is 0 Å². The van der Waals surface area contributed by atoms with Gasteiger partial charge in [-0.25, -0.2) is 4.79 Å². The smallest absolute Gasteiger partial charge is 0.407 e. The minimum atomic E-state index is -0.485. The molecule has 110 valence electrons. The van der Waals surface area contributed by atoms with Crippen molar-refractivity contribution in [2.45, 2.75) is 45.6 Å². The number of unbranched alkanes of at least 4 members (excludes halogenated alkanes) is 1. The highest BCUT2D eigenvalue weighted by Crippen LogP contribution is 2.07. The van der Waals surface area contributed by atoms with Crippen molar-refractivity contribution in [2.24, 2.45) is 0 Å². The monoisotopic (exact) mass is 278 g/mol. The third-order valence-corrected chi connectivity index (χ3v) is 2.50. The van der Waals surface area contributed by atoms with Gasteiger partial charge in [0.25, 0.3) is 0 Å². The SMILES string of the molecule is CC(C)(C)OC(=O)NCCCCC(=O)c1ccncc1. The summed E-state index contributed by atoms with van der Waals surface area (Å²) >= 11 is 0. The molecule has 5 nitrogen and oxygen atoms in total. The molecule has 0 aliphatic heterocycles. The van der Waals surface area contributed by atoms with E-state index in [4.69, 9.17) is 4.74 Å². The molecule has 0 aromatic carbocycles. The fraction of sp³-hybridized carbons (Fsp3) is 0.533. The van der Waals surface area contributed by atoms with E-state index < -0.39 is 11.7 Å². The van der Waals surface area contributed by atoms with Crippen molar-refractivity contribution in [3.8, 4) is 0 Å². The maximum atomic E-state index is 11.8. The molecule has 1 amide bonds. The number of pyridine rings is 1. The van der Waals surface area contributed by atoms with Crippen LogP contribution in [0.15, 0.2) is 24.5 Å². The van der Waals surface area contributed by atoms with Gasteiger partial charge in [-0.2, -0.15) is 0 Å². The predicted octanol–water partition coefficient (Wildman–Crippen LogP) is 2.96. The van der Waals surface area contributed by atoms with E-state index in [1.165, 1.54) is 0 Å². The lowest BCUT2D eigenvalue weighted by atomic mass is 10.1. The molecule has 5 heteroatoms. The molecule has 0 spiro atoms. The molecule has 0 atom stereocenters. The number of nitrogens with one attached hydrogen (secondary N) is 1. The number of amides is 1. The van der Waals surface area contributed by atoms with Gasteiger partial charge in [-0.05, 0) is 45.7 Å². The van der Waals surface area contributed by atoms with Crippen LogP contribution in [0, 0.1) is 0 Å². The van der Waals surface area contributed by atoms with Crippen LogP contribution in [0.3, 0.4) is 0 Å². The van der Waals surface area contributed by atoms with Crippen molar-refractivity contribution in [3.05, 3.63) is 30.1 Å². The highest BCUT2D eigenvalue weighted by atomic mass is 16.6. The van der Waals surface area contributed by atoms with E-state index in [1.807, 2.05) is 20.8 Å². The third kappa shape index (κ3) is 6.87. The Balaban J connectivity index is 2.14. The largest absolute Gasteiger partial charge is 0.444 e. The Kier molecular flexibility index (Phi) is 6.15. The zero-order chi connectivity index (χ0) is 15.0. The van der Waals surface area contributed by atoms with Crippen LogP contribution in [0.4, 0.5) is 4.79 Å². The van der Waals surface area contributed by atoms with Gasteiger partial charge in [0.05, 0.1) is 0 Å². The minimum absolute atomic E-state index is 0.102. The Hall–Kier alpha value is -1.91. The Morgan fingerprint density at radius 1 is 1.20 bits per heavy atom. The molecule has 1 rings (SSSR count). The molecule has 0 radical (unpaired) electrons. The fourth-order valence-corrected chi connectivity index (χ4v) is 1.60. The number of ketones is 1. The summed E-state index contributed by atoms with van der Waals surface area (Å²) in [5.74, 6) is 0.102. The van der Waals surface area contributed by atoms with E-state index in [0.717, 1.165) is 12.8 Å². The maximum Gasteiger partial charge on any atom is 0.407 e. The van der Waals surface area contributed by atoms with Crippen LogP contribution in [-0.4, -0.2) is 29.0 Å². The first-order chi connectivity index (χ1) is 9.38. The Morgan fingerprint density at radius 3 is 2.45 bits per heavy atom. The summed E-state index contributed by atoms with van der Waals surface area (Å²) in [6.45, 7) is 5.97. The number of rotatable bonds is 6. The maximum absolute atomic E-state index is 11.8. The molecule has 0 aliphatic carbocycles. The first kappa shape index (κ1) is 16.1. The number of hydrogen-bond donors (Lipinski definition) is 1. The highest BCUT2D eigenvalue weighted by molar-refractivity contribution is 5.95. The molecule has 0 unspecified atom stereocenters. The van der Waals surface area contributed by atoms with E-state index in [-0.39, 0.29) is 5.78 Å². The summed E-state index contributed by atoms with van der Waals surface area (Å²) in [5, 5.41) is 2.67. The van der Waals surface area contributed by atoms with Gasteiger partial charge in [0.2, 0.25) is 0 Å². The quantitative estimate of drug-likeness (QED) is 0.641. The molecule has 0 saturated heterocycles. The average Bonchev–Trinajstić information content (AvgIpc) is 2.37. The summed E-state index contributed by atoms with van der Waals surface area (Å²) in [7, 11) is 0.